The Balaban J connectivity index is 1.49. The predicted molar refractivity (Wildman–Crippen MR) is 126 cm³/mol. The first-order chi connectivity index (χ1) is 17.9. The van der Waals surface area contributed by atoms with Crippen molar-refractivity contribution in [2.75, 3.05) is 33.0 Å². The molecule has 0 saturated carbocycles. The van der Waals surface area contributed by atoms with Crippen LogP contribution < -0.4 is 10.1 Å². The van der Waals surface area contributed by atoms with Crippen LogP contribution in [-0.2, 0) is 17.6 Å². The highest BCUT2D eigenvalue weighted by Crippen LogP contribution is 2.29. The average molecular weight is 511 g/mol. The zero-order chi connectivity index (χ0) is 26.4. The summed E-state index contributed by atoms with van der Waals surface area (Å²) in [6, 6.07) is 12.1. The summed E-state index contributed by atoms with van der Waals surface area (Å²) in [5.74, 6) is 0.261. The van der Waals surface area contributed by atoms with E-state index in [1.165, 1.54) is 12.1 Å². The van der Waals surface area contributed by atoms with Crippen molar-refractivity contribution in [2.24, 2.45) is 0 Å². The van der Waals surface area contributed by atoms with Crippen molar-refractivity contribution in [1.29, 1.82) is 5.26 Å². The molecule has 2 heterocycles. The molecule has 0 spiro atoms. The van der Waals surface area contributed by atoms with E-state index in [-0.39, 0.29) is 29.7 Å². The van der Waals surface area contributed by atoms with E-state index in [4.69, 9.17) is 14.4 Å². The largest absolute Gasteiger partial charge is 0.484 e. The summed E-state index contributed by atoms with van der Waals surface area (Å²) < 4.78 is 36.2. The fourth-order valence-electron chi connectivity index (χ4n) is 3.97. The Kier molecular flexibility index (Phi) is 7.92. The molecular weight excluding hydrogens is 488 g/mol. The third kappa shape index (κ3) is 6.00. The van der Waals surface area contributed by atoms with Crippen LogP contribution in [0, 0.1) is 11.3 Å². The lowest BCUT2D eigenvalue weighted by Crippen LogP contribution is -2.41. The summed E-state index contributed by atoms with van der Waals surface area (Å²) in [7, 11) is 0. The highest BCUT2D eigenvalue weighted by molar-refractivity contribution is 5.82. The van der Waals surface area contributed by atoms with E-state index in [2.05, 4.69) is 15.5 Å². The normalized spacial score (nSPS) is 13.0. The Morgan fingerprint density at radius 3 is 2.57 bits per heavy atom. The molecule has 10 nitrogen and oxygen atoms in total. The Labute approximate surface area is 210 Å². The summed E-state index contributed by atoms with van der Waals surface area (Å²) in [4.78, 5) is 29.0. The van der Waals surface area contributed by atoms with Gasteiger partial charge >= 0.3 is 6.09 Å². The first-order valence-electron chi connectivity index (χ1n) is 11.5. The van der Waals surface area contributed by atoms with E-state index in [1.807, 2.05) is 24.3 Å². The van der Waals surface area contributed by atoms with Crippen molar-refractivity contribution >= 4 is 12.0 Å². The number of nitrogens with zero attached hydrogens (tertiary/aromatic N) is 4. The van der Waals surface area contributed by atoms with Crippen molar-refractivity contribution in [2.45, 2.75) is 18.9 Å². The van der Waals surface area contributed by atoms with Gasteiger partial charge in [0.25, 0.3) is 5.89 Å². The lowest BCUT2D eigenvalue weighted by Gasteiger charge is -2.19. The van der Waals surface area contributed by atoms with Crippen LogP contribution in [0.5, 0.6) is 5.75 Å². The summed E-state index contributed by atoms with van der Waals surface area (Å²) in [5.41, 5.74) is 3.32. The number of fused-ring (bicyclic) bond motifs is 1. The zero-order valence-corrected chi connectivity index (χ0v) is 19.6. The van der Waals surface area contributed by atoms with Gasteiger partial charge in [-0.2, -0.15) is 10.2 Å². The Hall–Kier alpha value is -4.53. The molecule has 3 aromatic rings. The molecule has 37 heavy (non-hydrogen) atoms. The summed E-state index contributed by atoms with van der Waals surface area (Å²) in [5, 5.41) is 24.3. The molecule has 0 radical (unpaired) electrons. The lowest BCUT2D eigenvalue weighted by atomic mass is 10.00. The number of carboxylic acid groups (broad SMARTS) is 1. The van der Waals surface area contributed by atoms with Crippen LogP contribution in [0.3, 0.4) is 0 Å². The number of ether oxygens (including phenoxy) is 1. The second-order valence-corrected chi connectivity index (χ2v) is 8.32. The molecule has 192 valence electrons. The van der Waals surface area contributed by atoms with Gasteiger partial charge < -0.3 is 24.6 Å². The maximum absolute atomic E-state index is 12.8. The fourth-order valence-corrected chi connectivity index (χ4v) is 3.97. The minimum absolute atomic E-state index is 0.0586. The van der Waals surface area contributed by atoms with Crippen LogP contribution in [0.15, 0.2) is 40.9 Å². The van der Waals surface area contributed by atoms with E-state index in [9.17, 15) is 23.6 Å². The molecule has 0 bridgehead atoms. The number of nitriles is 1. The molecule has 2 amide bonds. The predicted octanol–water partition coefficient (Wildman–Crippen LogP) is 3.16. The van der Waals surface area contributed by atoms with Crippen LogP contribution >= 0.6 is 0 Å². The number of hydrogen-bond acceptors (Lipinski definition) is 7. The molecule has 1 aromatic heterocycles. The van der Waals surface area contributed by atoms with Gasteiger partial charge in [0.05, 0.1) is 5.56 Å². The van der Waals surface area contributed by atoms with E-state index in [0.29, 0.717) is 42.9 Å². The van der Waals surface area contributed by atoms with Gasteiger partial charge in [0.2, 0.25) is 11.7 Å². The quantitative estimate of drug-likeness (QED) is 0.470. The van der Waals surface area contributed by atoms with E-state index >= 15 is 0 Å². The molecule has 1 aliphatic rings. The summed E-state index contributed by atoms with van der Waals surface area (Å²) in [6.07, 6.45) is -1.32. The molecule has 2 N–H and O–H groups in total. The number of halogens is 2. The second-order valence-electron chi connectivity index (χ2n) is 8.32. The smallest absolute Gasteiger partial charge is 0.405 e. The summed E-state index contributed by atoms with van der Waals surface area (Å²) in [6.45, 7) is -1.38. The van der Waals surface area contributed by atoms with Gasteiger partial charge in [-0.05, 0) is 48.2 Å². The molecule has 0 unspecified atom stereocenters. The molecular formula is C25H23F2N5O5. The average Bonchev–Trinajstić information content (AvgIpc) is 3.31. The van der Waals surface area contributed by atoms with E-state index < -0.39 is 25.5 Å². The Morgan fingerprint density at radius 1 is 1.14 bits per heavy atom. The number of amides is 2. The second kappa shape index (κ2) is 11.5. The first-order valence-corrected chi connectivity index (χ1v) is 11.5. The molecule has 0 atom stereocenters. The lowest BCUT2D eigenvalue weighted by molar-refractivity contribution is -0.130. The third-order valence-corrected chi connectivity index (χ3v) is 5.92. The number of rotatable bonds is 8. The number of carbonyl (C=O) groups excluding carboxylic acids is 1. The standard InChI is InChI=1S/C25H23F2N5O5/c26-11-20(12-27)36-21-4-3-18(10-19(21)13-28)24-30-23(31-37-24)17-2-1-15-5-7-32(8-6-16(15)9-17)22(33)14-29-25(34)35/h1-4,9-10,20,29H,5-8,11-12,14H2,(H,34,35). The van der Waals surface area contributed by atoms with Crippen molar-refractivity contribution in [1.82, 2.24) is 20.4 Å². The number of hydrogen-bond donors (Lipinski definition) is 2. The SMILES string of the molecule is N#Cc1cc(-c2nc(-c3ccc4c(c3)CCN(C(=O)CNC(=O)O)CC4)no2)ccc1OC(CF)CF. The summed E-state index contributed by atoms with van der Waals surface area (Å²) >= 11 is 0. The molecule has 1 aliphatic heterocycles. The number of benzene rings is 2. The van der Waals surface area contributed by atoms with Crippen LogP contribution in [0.4, 0.5) is 13.6 Å². The zero-order valence-electron chi connectivity index (χ0n) is 19.6. The molecule has 4 rings (SSSR count). The maximum Gasteiger partial charge on any atom is 0.405 e. The van der Waals surface area contributed by atoms with E-state index in [1.54, 1.807) is 11.0 Å². The molecule has 0 aliphatic carbocycles. The Bertz CT molecular complexity index is 1340. The van der Waals surface area contributed by atoms with Crippen molar-refractivity contribution in [3.63, 3.8) is 0 Å². The molecule has 0 fully saturated rings. The highest BCUT2D eigenvalue weighted by atomic mass is 19.1. The van der Waals surface area contributed by atoms with Gasteiger partial charge in [-0.15, -0.1) is 0 Å². The first kappa shape index (κ1) is 25.6. The molecule has 0 saturated heterocycles. The van der Waals surface area contributed by atoms with Crippen molar-refractivity contribution in [3.05, 3.63) is 53.1 Å². The topological polar surface area (TPSA) is 142 Å². The van der Waals surface area contributed by atoms with Crippen LogP contribution in [-0.4, -0.2) is 71.2 Å². The van der Waals surface area contributed by atoms with Crippen LogP contribution in [0.25, 0.3) is 22.8 Å². The monoisotopic (exact) mass is 511 g/mol. The molecule has 2 aromatic carbocycles. The van der Waals surface area contributed by atoms with Crippen LogP contribution in [0.2, 0.25) is 0 Å². The fraction of sp³-hybridized carbons (Fsp3) is 0.320. The third-order valence-electron chi connectivity index (χ3n) is 5.92. The molecule has 12 heteroatoms. The highest BCUT2D eigenvalue weighted by Gasteiger charge is 2.21. The van der Waals surface area contributed by atoms with Crippen LogP contribution in [0.1, 0.15) is 16.7 Å². The van der Waals surface area contributed by atoms with E-state index in [0.717, 1.165) is 11.1 Å². The number of alkyl halides is 2. The maximum atomic E-state index is 12.8. The van der Waals surface area contributed by atoms with Gasteiger partial charge in [0, 0.05) is 24.2 Å². The van der Waals surface area contributed by atoms with Crippen molar-refractivity contribution in [3.8, 4) is 34.7 Å². The number of carbonyl (C=O) groups is 2. The minimum Gasteiger partial charge on any atom is -0.484 e. The van der Waals surface area contributed by atoms with Gasteiger partial charge in [0.15, 0.2) is 6.10 Å². The number of aromatic nitrogens is 2. The van der Waals surface area contributed by atoms with Gasteiger partial charge in [-0.25, -0.2) is 13.6 Å². The Morgan fingerprint density at radius 2 is 1.86 bits per heavy atom. The van der Waals surface area contributed by atoms with Gasteiger partial charge in [0.1, 0.15) is 31.7 Å². The minimum atomic E-state index is -1.28. The van der Waals surface area contributed by atoms with Gasteiger partial charge in [-0.1, -0.05) is 17.3 Å². The number of nitrogens with one attached hydrogen (secondary N) is 1. The van der Waals surface area contributed by atoms with Crippen molar-refractivity contribution < 1.29 is 32.7 Å². The van der Waals surface area contributed by atoms with Gasteiger partial charge in [-0.3, -0.25) is 4.79 Å².